The van der Waals surface area contributed by atoms with E-state index in [2.05, 4.69) is 10.3 Å². The summed E-state index contributed by atoms with van der Waals surface area (Å²) in [6.07, 6.45) is 0. The Balaban J connectivity index is 1.92. The number of aromatic nitrogens is 1. The summed E-state index contributed by atoms with van der Waals surface area (Å²) in [5.74, 6) is -0.154. The van der Waals surface area contributed by atoms with Crippen LogP contribution >= 0.6 is 11.3 Å². The number of carbonyl (C=O) groups is 1. The predicted octanol–water partition coefficient (Wildman–Crippen LogP) is 3.67. The average Bonchev–Trinajstić information content (AvgIpc) is 2.88. The van der Waals surface area contributed by atoms with Crippen molar-refractivity contribution in [1.82, 2.24) is 4.98 Å². The number of hydrogen-bond donors (Lipinski definition) is 2. The third-order valence-electron chi connectivity index (χ3n) is 3.14. The third kappa shape index (κ3) is 3.24. The lowest BCUT2D eigenvalue weighted by Crippen LogP contribution is -2.12. The Labute approximate surface area is 135 Å². The molecule has 0 unspecified atom stereocenters. The maximum Gasteiger partial charge on any atom is 0.255 e. The molecule has 0 saturated carbocycles. The monoisotopic (exact) mass is 331 g/mol. The summed E-state index contributed by atoms with van der Waals surface area (Å²) in [4.78, 5) is 16.5. The summed E-state index contributed by atoms with van der Waals surface area (Å²) in [5.41, 5.74) is 7.35. The molecule has 1 amide bonds. The summed E-state index contributed by atoms with van der Waals surface area (Å²) in [7, 11) is 0. The van der Waals surface area contributed by atoms with Crippen LogP contribution in [0.2, 0.25) is 0 Å². The highest BCUT2D eigenvalue weighted by atomic mass is 32.1. The van der Waals surface area contributed by atoms with Crippen molar-refractivity contribution in [3.63, 3.8) is 0 Å². The van der Waals surface area contributed by atoms with E-state index in [0.29, 0.717) is 34.3 Å². The molecule has 0 aliphatic heterocycles. The smallest absolute Gasteiger partial charge is 0.255 e. The van der Waals surface area contributed by atoms with Crippen molar-refractivity contribution in [2.75, 3.05) is 17.7 Å². The van der Waals surface area contributed by atoms with Crippen LogP contribution in [0.3, 0.4) is 0 Å². The van der Waals surface area contributed by atoms with E-state index in [4.69, 9.17) is 10.5 Å². The van der Waals surface area contributed by atoms with Gasteiger partial charge in [0, 0.05) is 17.3 Å². The van der Waals surface area contributed by atoms with E-state index in [-0.39, 0.29) is 11.7 Å². The molecule has 1 aromatic heterocycles. The Morgan fingerprint density at radius 2 is 2.09 bits per heavy atom. The lowest BCUT2D eigenvalue weighted by molar-refractivity contribution is 0.102. The minimum atomic E-state index is -0.387. The van der Waals surface area contributed by atoms with Crippen LogP contribution in [-0.2, 0) is 0 Å². The van der Waals surface area contributed by atoms with Crippen molar-refractivity contribution in [1.29, 1.82) is 0 Å². The number of ether oxygens (including phenoxy) is 1. The number of hydrogen-bond acceptors (Lipinski definition) is 5. The third-order valence-corrected chi connectivity index (χ3v) is 3.97. The van der Waals surface area contributed by atoms with E-state index in [1.165, 1.54) is 35.6 Å². The summed E-state index contributed by atoms with van der Waals surface area (Å²) in [6, 6.07) is 8.83. The van der Waals surface area contributed by atoms with Crippen LogP contribution in [0.1, 0.15) is 17.3 Å². The van der Waals surface area contributed by atoms with Crippen molar-refractivity contribution in [2.45, 2.75) is 6.92 Å². The molecular formula is C16H14FN3O2S. The number of benzene rings is 2. The number of fused-ring (bicyclic) bond motifs is 1. The molecule has 1 heterocycles. The molecule has 0 aliphatic carbocycles. The molecule has 3 rings (SSSR count). The number of anilines is 2. The number of nitrogens with zero attached hydrogens (tertiary/aromatic N) is 1. The summed E-state index contributed by atoms with van der Waals surface area (Å²) in [5, 5.41) is 3.21. The molecular weight excluding hydrogens is 317 g/mol. The van der Waals surface area contributed by atoms with Gasteiger partial charge in [-0.15, -0.1) is 0 Å². The van der Waals surface area contributed by atoms with Gasteiger partial charge in [-0.2, -0.15) is 0 Å². The van der Waals surface area contributed by atoms with Gasteiger partial charge < -0.3 is 15.8 Å². The first kappa shape index (κ1) is 15.2. The molecule has 23 heavy (non-hydrogen) atoms. The fraction of sp³-hybridized carbons (Fsp3) is 0.125. The first-order valence-electron chi connectivity index (χ1n) is 6.96. The van der Waals surface area contributed by atoms with E-state index in [9.17, 15) is 9.18 Å². The van der Waals surface area contributed by atoms with Crippen LogP contribution in [0.15, 0.2) is 36.4 Å². The molecule has 0 saturated heterocycles. The van der Waals surface area contributed by atoms with Gasteiger partial charge in [-0.3, -0.25) is 4.79 Å². The van der Waals surface area contributed by atoms with Crippen LogP contribution in [0.25, 0.3) is 10.2 Å². The molecule has 0 atom stereocenters. The first-order chi connectivity index (χ1) is 11.1. The summed E-state index contributed by atoms with van der Waals surface area (Å²) in [6.45, 7) is 2.34. The van der Waals surface area contributed by atoms with Crippen molar-refractivity contribution >= 4 is 38.3 Å². The molecule has 0 spiro atoms. The number of nitrogen functional groups attached to an aromatic ring is 1. The zero-order chi connectivity index (χ0) is 16.4. The highest BCUT2D eigenvalue weighted by molar-refractivity contribution is 7.22. The Kier molecular flexibility index (Phi) is 4.12. The minimum Gasteiger partial charge on any atom is -0.491 e. The van der Waals surface area contributed by atoms with Crippen LogP contribution in [-0.4, -0.2) is 17.5 Å². The number of thiazole rings is 1. The highest BCUT2D eigenvalue weighted by Gasteiger charge is 2.13. The standard InChI is InChI=1S/C16H14FN3O2S/c1-2-22-12-7-11(8-13-14(12)20-16(18)23-13)19-15(21)9-3-5-10(17)6-4-9/h3-8H,2H2,1H3,(H2,18,20)(H,19,21). The van der Waals surface area contributed by atoms with Gasteiger partial charge in [0.05, 0.1) is 11.3 Å². The largest absolute Gasteiger partial charge is 0.491 e. The summed E-state index contributed by atoms with van der Waals surface area (Å²) < 4.78 is 19.3. The maximum absolute atomic E-state index is 12.9. The molecule has 118 valence electrons. The zero-order valence-corrected chi connectivity index (χ0v) is 13.1. The quantitative estimate of drug-likeness (QED) is 0.765. The second-order valence-electron chi connectivity index (χ2n) is 4.77. The fourth-order valence-electron chi connectivity index (χ4n) is 2.16. The van der Waals surface area contributed by atoms with Gasteiger partial charge in [-0.25, -0.2) is 9.37 Å². The van der Waals surface area contributed by atoms with E-state index < -0.39 is 0 Å². The van der Waals surface area contributed by atoms with Gasteiger partial charge in [0.1, 0.15) is 17.1 Å². The van der Waals surface area contributed by atoms with Gasteiger partial charge in [0.25, 0.3) is 5.91 Å². The van der Waals surface area contributed by atoms with E-state index in [0.717, 1.165) is 4.70 Å². The molecule has 7 heteroatoms. The zero-order valence-electron chi connectivity index (χ0n) is 12.3. The molecule has 2 aromatic carbocycles. The van der Waals surface area contributed by atoms with E-state index >= 15 is 0 Å². The molecule has 0 fully saturated rings. The Morgan fingerprint density at radius 1 is 1.35 bits per heavy atom. The van der Waals surface area contributed by atoms with Gasteiger partial charge in [0.2, 0.25) is 0 Å². The Morgan fingerprint density at radius 3 is 2.78 bits per heavy atom. The average molecular weight is 331 g/mol. The van der Waals surface area contributed by atoms with Crippen LogP contribution in [0.5, 0.6) is 5.75 Å². The molecule has 5 nitrogen and oxygen atoms in total. The van der Waals surface area contributed by atoms with E-state index in [1.54, 1.807) is 12.1 Å². The minimum absolute atomic E-state index is 0.329. The summed E-state index contributed by atoms with van der Waals surface area (Å²) >= 11 is 1.32. The molecule has 3 aromatic rings. The number of halogens is 1. The SMILES string of the molecule is CCOc1cc(NC(=O)c2ccc(F)cc2)cc2sc(N)nc12. The van der Waals surface area contributed by atoms with Crippen LogP contribution in [0, 0.1) is 5.82 Å². The second-order valence-corrected chi connectivity index (χ2v) is 5.83. The maximum atomic E-state index is 12.9. The van der Waals surface area contributed by atoms with Gasteiger partial charge >= 0.3 is 0 Å². The fourth-order valence-corrected chi connectivity index (χ4v) is 2.95. The number of nitrogens with two attached hydrogens (primary N) is 1. The molecule has 0 radical (unpaired) electrons. The van der Waals surface area contributed by atoms with Crippen LogP contribution < -0.4 is 15.8 Å². The normalized spacial score (nSPS) is 10.7. The molecule has 3 N–H and O–H groups in total. The van der Waals surface area contributed by atoms with Crippen LogP contribution in [0.4, 0.5) is 15.2 Å². The lowest BCUT2D eigenvalue weighted by atomic mass is 10.2. The predicted molar refractivity (Wildman–Crippen MR) is 89.6 cm³/mol. The van der Waals surface area contributed by atoms with Crippen molar-refractivity contribution in [3.05, 3.63) is 47.8 Å². The van der Waals surface area contributed by atoms with Crippen molar-refractivity contribution < 1.29 is 13.9 Å². The van der Waals surface area contributed by atoms with Gasteiger partial charge in [-0.1, -0.05) is 11.3 Å². The highest BCUT2D eigenvalue weighted by Crippen LogP contribution is 2.34. The number of rotatable bonds is 4. The van der Waals surface area contributed by atoms with Crippen molar-refractivity contribution in [3.8, 4) is 5.75 Å². The topological polar surface area (TPSA) is 77.2 Å². The molecule has 0 bridgehead atoms. The Bertz CT molecular complexity index is 862. The van der Waals surface area contributed by atoms with Gasteiger partial charge in [-0.05, 0) is 37.3 Å². The number of amides is 1. The van der Waals surface area contributed by atoms with Gasteiger partial charge in [0.15, 0.2) is 5.13 Å². The molecule has 0 aliphatic rings. The van der Waals surface area contributed by atoms with Crippen molar-refractivity contribution in [2.24, 2.45) is 0 Å². The number of carbonyl (C=O) groups excluding carboxylic acids is 1. The first-order valence-corrected chi connectivity index (χ1v) is 7.78. The lowest BCUT2D eigenvalue weighted by Gasteiger charge is -2.09. The van der Waals surface area contributed by atoms with E-state index in [1.807, 2.05) is 6.92 Å². The number of nitrogens with one attached hydrogen (secondary N) is 1. The Hall–Kier alpha value is -2.67. The second kappa shape index (κ2) is 6.21.